The standard InChI is InChI=1S/C18H24FNO4/c1-22-8-9-23-12-18(21)20-10-13-6-7-16(14(13)11-20)24-17-5-3-2-4-15(17)19/h2-5,13-14,16H,6-12H2,1H3/t13-,14+,16-/m0/s1. The Morgan fingerprint density at radius 1 is 1.25 bits per heavy atom. The van der Waals surface area contributed by atoms with E-state index in [9.17, 15) is 9.18 Å². The van der Waals surface area contributed by atoms with Crippen molar-refractivity contribution in [3.8, 4) is 5.75 Å². The zero-order valence-electron chi connectivity index (χ0n) is 13.9. The fraction of sp³-hybridized carbons (Fsp3) is 0.611. The Bertz CT molecular complexity index is 568. The maximum absolute atomic E-state index is 13.8. The van der Waals surface area contributed by atoms with Crippen molar-refractivity contribution in [2.45, 2.75) is 18.9 Å². The van der Waals surface area contributed by atoms with E-state index in [1.807, 2.05) is 4.90 Å². The quantitative estimate of drug-likeness (QED) is 0.715. The molecular formula is C18H24FNO4. The van der Waals surface area contributed by atoms with Crippen LogP contribution in [0.4, 0.5) is 4.39 Å². The number of likely N-dealkylation sites (tertiary alicyclic amines) is 1. The van der Waals surface area contributed by atoms with Gasteiger partial charge in [-0.15, -0.1) is 0 Å². The van der Waals surface area contributed by atoms with Gasteiger partial charge in [-0.25, -0.2) is 4.39 Å². The number of hydrogen-bond donors (Lipinski definition) is 0. The first-order chi connectivity index (χ1) is 11.7. The summed E-state index contributed by atoms with van der Waals surface area (Å²) in [5, 5.41) is 0. The first-order valence-electron chi connectivity index (χ1n) is 8.44. The van der Waals surface area contributed by atoms with Gasteiger partial charge >= 0.3 is 0 Å². The molecule has 2 aliphatic rings. The van der Waals surface area contributed by atoms with Crippen molar-refractivity contribution in [3.05, 3.63) is 30.1 Å². The van der Waals surface area contributed by atoms with Crippen molar-refractivity contribution in [1.29, 1.82) is 0 Å². The van der Waals surface area contributed by atoms with Crippen molar-refractivity contribution in [2.24, 2.45) is 11.8 Å². The number of fused-ring (bicyclic) bond motifs is 1. The summed E-state index contributed by atoms with van der Waals surface area (Å²) in [5.74, 6) is 0.677. The Balaban J connectivity index is 1.52. The SMILES string of the molecule is COCCOCC(=O)N1C[C@@H]2CC[C@H](Oc3ccccc3F)[C@@H]2C1. The fourth-order valence-electron chi connectivity index (χ4n) is 3.66. The molecule has 1 aromatic rings. The lowest BCUT2D eigenvalue weighted by molar-refractivity contribution is -0.135. The molecule has 6 heteroatoms. The molecule has 5 nitrogen and oxygen atoms in total. The number of rotatable bonds is 7. The van der Waals surface area contributed by atoms with Crippen LogP contribution in [0.25, 0.3) is 0 Å². The highest BCUT2D eigenvalue weighted by Crippen LogP contribution is 2.40. The minimum Gasteiger partial charge on any atom is -0.487 e. The summed E-state index contributed by atoms with van der Waals surface area (Å²) in [6.07, 6.45) is 1.90. The van der Waals surface area contributed by atoms with Crippen molar-refractivity contribution >= 4 is 5.91 Å². The lowest BCUT2D eigenvalue weighted by Crippen LogP contribution is -2.35. The van der Waals surface area contributed by atoms with Crippen molar-refractivity contribution in [1.82, 2.24) is 4.90 Å². The van der Waals surface area contributed by atoms with Crippen molar-refractivity contribution < 1.29 is 23.4 Å². The number of amides is 1. The van der Waals surface area contributed by atoms with E-state index in [0.29, 0.717) is 31.4 Å². The molecule has 2 fully saturated rings. The number of ether oxygens (including phenoxy) is 3. The van der Waals surface area contributed by atoms with Crippen molar-refractivity contribution in [2.75, 3.05) is 40.0 Å². The molecule has 0 spiro atoms. The van der Waals surface area contributed by atoms with Gasteiger partial charge in [0.15, 0.2) is 11.6 Å². The fourth-order valence-corrected chi connectivity index (χ4v) is 3.66. The maximum atomic E-state index is 13.8. The molecule has 3 rings (SSSR count). The van der Waals surface area contributed by atoms with Crippen molar-refractivity contribution in [3.63, 3.8) is 0 Å². The zero-order valence-corrected chi connectivity index (χ0v) is 13.9. The minimum atomic E-state index is -0.335. The number of carbonyl (C=O) groups excluding carboxylic acids is 1. The van der Waals surface area contributed by atoms with Crippen LogP contribution >= 0.6 is 0 Å². The van der Waals surface area contributed by atoms with Crippen LogP contribution in [-0.4, -0.2) is 56.9 Å². The van der Waals surface area contributed by atoms with Crippen LogP contribution in [0.2, 0.25) is 0 Å². The van der Waals surface area contributed by atoms with Crippen LogP contribution in [0.5, 0.6) is 5.75 Å². The molecule has 1 amide bonds. The largest absolute Gasteiger partial charge is 0.487 e. The molecule has 0 N–H and O–H groups in total. The number of carbonyl (C=O) groups is 1. The highest BCUT2D eigenvalue weighted by atomic mass is 19.1. The highest BCUT2D eigenvalue weighted by Gasteiger charge is 2.45. The van der Waals surface area contributed by atoms with E-state index in [4.69, 9.17) is 14.2 Å². The molecular weight excluding hydrogens is 313 g/mol. The molecule has 0 aromatic heterocycles. The van der Waals surface area contributed by atoms with Gasteiger partial charge in [0.05, 0.1) is 13.2 Å². The van der Waals surface area contributed by atoms with Gasteiger partial charge in [-0.2, -0.15) is 0 Å². The number of halogens is 1. The van der Waals surface area contributed by atoms with Crippen LogP contribution in [-0.2, 0) is 14.3 Å². The summed E-state index contributed by atoms with van der Waals surface area (Å²) in [5.41, 5.74) is 0. The van der Waals surface area contributed by atoms with Crippen LogP contribution in [0.1, 0.15) is 12.8 Å². The maximum Gasteiger partial charge on any atom is 0.248 e. The molecule has 24 heavy (non-hydrogen) atoms. The minimum absolute atomic E-state index is 0.00476. The highest BCUT2D eigenvalue weighted by molar-refractivity contribution is 5.77. The third kappa shape index (κ3) is 3.87. The van der Waals surface area contributed by atoms with E-state index in [2.05, 4.69) is 0 Å². The molecule has 0 unspecified atom stereocenters. The summed E-state index contributed by atoms with van der Waals surface area (Å²) in [6.45, 7) is 2.39. The Kier molecular flexibility index (Phi) is 5.68. The molecule has 1 saturated carbocycles. The monoisotopic (exact) mass is 337 g/mol. The molecule has 0 radical (unpaired) electrons. The number of para-hydroxylation sites is 1. The summed E-state index contributed by atoms with van der Waals surface area (Å²) in [6, 6.07) is 6.49. The Labute approximate surface area is 141 Å². The van der Waals surface area contributed by atoms with Gasteiger partial charge in [0, 0.05) is 26.1 Å². The average molecular weight is 337 g/mol. The number of methoxy groups -OCH3 is 1. The van der Waals surface area contributed by atoms with E-state index in [1.165, 1.54) is 6.07 Å². The summed E-state index contributed by atoms with van der Waals surface area (Å²) in [7, 11) is 1.60. The topological polar surface area (TPSA) is 48.0 Å². The van der Waals surface area contributed by atoms with Gasteiger partial charge in [0.25, 0.3) is 0 Å². The van der Waals surface area contributed by atoms with Crippen LogP contribution in [0, 0.1) is 17.7 Å². The van der Waals surface area contributed by atoms with E-state index >= 15 is 0 Å². The Morgan fingerprint density at radius 3 is 2.88 bits per heavy atom. The zero-order chi connectivity index (χ0) is 16.9. The smallest absolute Gasteiger partial charge is 0.248 e. The van der Waals surface area contributed by atoms with Crippen LogP contribution < -0.4 is 4.74 Å². The van der Waals surface area contributed by atoms with Gasteiger partial charge in [-0.05, 0) is 30.9 Å². The van der Waals surface area contributed by atoms with E-state index in [-0.39, 0.29) is 30.4 Å². The van der Waals surface area contributed by atoms with E-state index in [0.717, 1.165) is 19.4 Å². The Hall–Kier alpha value is -1.66. The first kappa shape index (κ1) is 17.2. The average Bonchev–Trinajstić information content (AvgIpc) is 3.15. The summed E-state index contributed by atoms with van der Waals surface area (Å²) >= 11 is 0. The number of hydrogen-bond acceptors (Lipinski definition) is 4. The second-order valence-corrected chi connectivity index (χ2v) is 6.43. The number of benzene rings is 1. The predicted octanol–water partition coefficient (Wildman–Crippen LogP) is 2.10. The second-order valence-electron chi connectivity index (χ2n) is 6.43. The summed E-state index contributed by atoms with van der Waals surface area (Å²) < 4.78 is 29.9. The molecule has 1 aromatic carbocycles. The van der Waals surface area contributed by atoms with Gasteiger partial charge in [0.2, 0.25) is 5.91 Å². The van der Waals surface area contributed by atoms with Crippen LogP contribution in [0.15, 0.2) is 24.3 Å². The van der Waals surface area contributed by atoms with E-state index in [1.54, 1.807) is 25.3 Å². The molecule has 0 bridgehead atoms. The third-order valence-corrected chi connectivity index (χ3v) is 4.92. The lowest BCUT2D eigenvalue weighted by atomic mass is 9.99. The van der Waals surface area contributed by atoms with Gasteiger partial charge < -0.3 is 19.1 Å². The Morgan fingerprint density at radius 2 is 2.08 bits per heavy atom. The molecule has 1 heterocycles. The lowest BCUT2D eigenvalue weighted by Gasteiger charge is -2.22. The second kappa shape index (κ2) is 7.94. The normalized spacial score (nSPS) is 25.8. The third-order valence-electron chi connectivity index (χ3n) is 4.92. The molecule has 132 valence electrons. The van der Waals surface area contributed by atoms with E-state index < -0.39 is 0 Å². The van der Waals surface area contributed by atoms with Gasteiger partial charge in [-0.3, -0.25) is 4.79 Å². The molecule has 1 aliphatic carbocycles. The van der Waals surface area contributed by atoms with Crippen LogP contribution in [0.3, 0.4) is 0 Å². The number of nitrogens with zero attached hydrogens (tertiary/aromatic N) is 1. The first-order valence-corrected chi connectivity index (χ1v) is 8.44. The molecule has 3 atom stereocenters. The molecule has 1 aliphatic heterocycles. The summed E-state index contributed by atoms with van der Waals surface area (Å²) in [4.78, 5) is 14.1. The van der Waals surface area contributed by atoms with Gasteiger partial charge in [-0.1, -0.05) is 12.1 Å². The molecule has 1 saturated heterocycles. The predicted molar refractivity (Wildman–Crippen MR) is 86.3 cm³/mol. The van der Waals surface area contributed by atoms with Gasteiger partial charge in [0.1, 0.15) is 12.7 Å².